The number of aromatic hydroxyl groups is 1. The Balaban J connectivity index is 1.85. The van der Waals surface area contributed by atoms with E-state index in [1.807, 2.05) is 37.3 Å². The maximum Gasteiger partial charge on any atom is 0.268 e. The zero-order valence-electron chi connectivity index (χ0n) is 15.8. The number of nitrogens with zero attached hydrogens (tertiary/aromatic N) is 2. The molecule has 0 aliphatic heterocycles. The van der Waals surface area contributed by atoms with E-state index in [0.717, 1.165) is 11.1 Å². The molecule has 0 fully saturated rings. The fraction of sp³-hybridized carbons (Fsp3) is 0.0870. The zero-order chi connectivity index (χ0) is 20.4. The quantitative estimate of drug-likeness (QED) is 0.561. The molecule has 2 aromatic carbocycles. The molecule has 4 rings (SSSR count). The van der Waals surface area contributed by atoms with E-state index in [-0.39, 0.29) is 17.9 Å². The molecule has 144 valence electrons. The zero-order valence-corrected chi connectivity index (χ0v) is 15.8. The third-order valence-corrected chi connectivity index (χ3v) is 4.71. The van der Waals surface area contributed by atoms with Crippen LogP contribution < -0.4 is 10.9 Å². The largest absolute Gasteiger partial charge is 0.506 e. The van der Waals surface area contributed by atoms with Crippen LogP contribution in [0.25, 0.3) is 10.9 Å². The van der Waals surface area contributed by atoms with Gasteiger partial charge >= 0.3 is 0 Å². The Morgan fingerprint density at radius 3 is 2.55 bits per heavy atom. The first-order valence-electron chi connectivity index (χ1n) is 9.17. The SMILES string of the molecule is Cc1ccnc(NC(=O)c2c(O)c3ccccc3n(Cc3ccccc3)c2=O)c1. The molecule has 6 heteroatoms. The second-order valence-corrected chi connectivity index (χ2v) is 6.79. The number of pyridine rings is 2. The molecule has 0 spiro atoms. The Morgan fingerprint density at radius 1 is 1.07 bits per heavy atom. The molecule has 29 heavy (non-hydrogen) atoms. The number of aromatic nitrogens is 2. The summed E-state index contributed by atoms with van der Waals surface area (Å²) in [6.45, 7) is 2.15. The minimum atomic E-state index is -0.696. The molecule has 2 aromatic heterocycles. The molecular weight excluding hydrogens is 366 g/mol. The van der Waals surface area contributed by atoms with Crippen molar-refractivity contribution in [2.45, 2.75) is 13.5 Å². The number of carbonyl (C=O) groups is 1. The monoisotopic (exact) mass is 385 g/mol. The van der Waals surface area contributed by atoms with Gasteiger partial charge < -0.3 is 15.0 Å². The predicted octanol–water partition coefficient (Wildman–Crippen LogP) is 3.71. The van der Waals surface area contributed by atoms with E-state index in [4.69, 9.17) is 0 Å². The molecule has 0 unspecified atom stereocenters. The van der Waals surface area contributed by atoms with Crippen molar-refractivity contribution in [1.29, 1.82) is 0 Å². The molecule has 0 saturated carbocycles. The Hall–Kier alpha value is -3.93. The maximum atomic E-state index is 13.2. The molecule has 0 aliphatic carbocycles. The number of benzene rings is 2. The standard InChI is InChI=1S/C23H19N3O3/c1-15-11-12-24-19(13-15)25-22(28)20-21(27)17-9-5-6-10-18(17)26(23(20)29)14-16-7-3-2-4-8-16/h2-13,27H,14H2,1H3,(H,24,25,28). The Kier molecular flexibility index (Phi) is 4.83. The lowest BCUT2D eigenvalue weighted by Crippen LogP contribution is -2.30. The molecule has 2 heterocycles. The van der Waals surface area contributed by atoms with Crippen molar-refractivity contribution in [2.24, 2.45) is 0 Å². The van der Waals surface area contributed by atoms with Crippen LogP contribution in [0.5, 0.6) is 5.75 Å². The second kappa shape index (κ2) is 7.59. The first-order chi connectivity index (χ1) is 14.0. The van der Waals surface area contributed by atoms with Gasteiger partial charge in [0.15, 0.2) is 0 Å². The highest BCUT2D eigenvalue weighted by Crippen LogP contribution is 2.27. The minimum absolute atomic E-state index is 0.281. The highest BCUT2D eigenvalue weighted by Gasteiger charge is 2.22. The van der Waals surface area contributed by atoms with Gasteiger partial charge in [0.1, 0.15) is 17.1 Å². The van der Waals surface area contributed by atoms with Crippen molar-refractivity contribution >= 4 is 22.6 Å². The third kappa shape index (κ3) is 3.60. The van der Waals surface area contributed by atoms with Gasteiger partial charge in [-0.1, -0.05) is 42.5 Å². The molecule has 0 radical (unpaired) electrons. The highest BCUT2D eigenvalue weighted by atomic mass is 16.3. The number of nitrogens with one attached hydrogen (secondary N) is 1. The topological polar surface area (TPSA) is 84.2 Å². The van der Waals surface area contributed by atoms with Gasteiger partial charge in [-0.3, -0.25) is 9.59 Å². The van der Waals surface area contributed by atoms with Crippen LogP contribution in [0.1, 0.15) is 21.5 Å². The summed E-state index contributed by atoms with van der Waals surface area (Å²) in [7, 11) is 0. The normalized spacial score (nSPS) is 10.8. The van der Waals surface area contributed by atoms with Crippen molar-refractivity contribution in [3.8, 4) is 5.75 Å². The predicted molar refractivity (Wildman–Crippen MR) is 112 cm³/mol. The van der Waals surface area contributed by atoms with Crippen LogP contribution in [-0.2, 0) is 6.54 Å². The molecule has 1 amide bonds. The summed E-state index contributed by atoms with van der Waals surface area (Å²) in [5.41, 5.74) is 1.53. The fourth-order valence-corrected chi connectivity index (χ4v) is 3.30. The van der Waals surface area contributed by atoms with E-state index >= 15 is 0 Å². The molecule has 2 N–H and O–H groups in total. The van der Waals surface area contributed by atoms with E-state index in [2.05, 4.69) is 10.3 Å². The Labute approximate surface area is 167 Å². The van der Waals surface area contributed by atoms with Crippen molar-refractivity contribution in [2.75, 3.05) is 5.32 Å². The van der Waals surface area contributed by atoms with Crippen molar-refractivity contribution in [3.05, 3.63) is 100.0 Å². The number of hydrogen-bond donors (Lipinski definition) is 2. The summed E-state index contributed by atoms with van der Waals surface area (Å²) in [4.78, 5) is 30.2. The number of anilines is 1. The van der Waals surface area contributed by atoms with Crippen LogP contribution >= 0.6 is 0 Å². The van der Waals surface area contributed by atoms with Crippen LogP contribution in [0.2, 0.25) is 0 Å². The number of hydrogen-bond acceptors (Lipinski definition) is 4. The van der Waals surface area contributed by atoms with Gasteiger partial charge in [-0.25, -0.2) is 4.98 Å². The molecule has 0 aliphatic rings. The van der Waals surface area contributed by atoms with Crippen LogP contribution in [0.15, 0.2) is 77.7 Å². The Bertz CT molecular complexity index is 1260. The fourth-order valence-electron chi connectivity index (χ4n) is 3.30. The summed E-state index contributed by atoms with van der Waals surface area (Å²) in [5, 5.41) is 13.8. The molecule has 0 atom stereocenters. The number of para-hydroxylation sites is 1. The minimum Gasteiger partial charge on any atom is -0.506 e. The van der Waals surface area contributed by atoms with E-state index in [0.29, 0.717) is 16.7 Å². The second-order valence-electron chi connectivity index (χ2n) is 6.79. The summed E-state index contributed by atoms with van der Waals surface area (Å²) in [6, 6.07) is 20.0. The third-order valence-electron chi connectivity index (χ3n) is 4.71. The van der Waals surface area contributed by atoms with Crippen molar-refractivity contribution in [3.63, 3.8) is 0 Å². The molecule has 4 aromatic rings. The first kappa shape index (κ1) is 18.4. The molecule has 6 nitrogen and oxygen atoms in total. The summed E-state index contributed by atoms with van der Waals surface area (Å²) in [5.74, 6) is -0.713. The van der Waals surface area contributed by atoms with Crippen molar-refractivity contribution in [1.82, 2.24) is 9.55 Å². The summed E-state index contributed by atoms with van der Waals surface area (Å²) in [6.07, 6.45) is 1.57. The first-order valence-corrected chi connectivity index (χ1v) is 9.17. The van der Waals surface area contributed by atoms with Gasteiger partial charge in [0.05, 0.1) is 12.1 Å². The van der Waals surface area contributed by atoms with E-state index in [1.54, 1.807) is 42.6 Å². The van der Waals surface area contributed by atoms with Gasteiger partial charge in [-0.2, -0.15) is 0 Å². The summed E-state index contributed by atoms with van der Waals surface area (Å²) >= 11 is 0. The molecule has 0 saturated heterocycles. The smallest absolute Gasteiger partial charge is 0.268 e. The van der Waals surface area contributed by atoms with Gasteiger partial charge in [0, 0.05) is 11.6 Å². The van der Waals surface area contributed by atoms with Gasteiger partial charge in [-0.05, 0) is 42.3 Å². The molecule has 0 bridgehead atoms. The maximum absolute atomic E-state index is 13.2. The van der Waals surface area contributed by atoms with E-state index in [9.17, 15) is 14.7 Å². The van der Waals surface area contributed by atoms with Crippen LogP contribution in [0.4, 0.5) is 5.82 Å². The number of aryl methyl sites for hydroxylation is 1. The van der Waals surface area contributed by atoms with Gasteiger partial charge in [0.2, 0.25) is 0 Å². The number of carbonyl (C=O) groups excluding carboxylic acids is 1. The molecular formula is C23H19N3O3. The highest BCUT2D eigenvalue weighted by molar-refractivity contribution is 6.08. The number of rotatable bonds is 4. The van der Waals surface area contributed by atoms with Crippen LogP contribution in [-0.4, -0.2) is 20.6 Å². The van der Waals surface area contributed by atoms with Crippen LogP contribution in [0, 0.1) is 6.92 Å². The number of fused-ring (bicyclic) bond motifs is 1. The lowest BCUT2D eigenvalue weighted by molar-refractivity contribution is 0.102. The average molecular weight is 385 g/mol. The summed E-state index contributed by atoms with van der Waals surface area (Å²) < 4.78 is 1.50. The van der Waals surface area contributed by atoms with Gasteiger partial charge in [-0.15, -0.1) is 0 Å². The number of amides is 1. The van der Waals surface area contributed by atoms with Gasteiger partial charge in [0.25, 0.3) is 11.5 Å². The van der Waals surface area contributed by atoms with E-state index in [1.165, 1.54) is 4.57 Å². The lowest BCUT2D eigenvalue weighted by Gasteiger charge is -2.15. The Morgan fingerprint density at radius 2 is 1.79 bits per heavy atom. The van der Waals surface area contributed by atoms with Crippen molar-refractivity contribution < 1.29 is 9.90 Å². The van der Waals surface area contributed by atoms with E-state index < -0.39 is 11.5 Å². The average Bonchev–Trinajstić information content (AvgIpc) is 2.72. The lowest BCUT2D eigenvalue weighted by atomic mass is 10.1. The van der Waals surface area contributed by atoms with Crippen LogP contribution in [0.3, 0.4) is 0 Å².